The minimum absolute atomic E-state index is 0.498. The number of hydrogen-bond donors (Lipinski definition) is 1. The fraction of sp³-hybridized carbons (Fsp3) is 0.769. The van der Waals surface area contributed by atoms with E-state index in [0.717, 1.165) is 18.4 Å². The lowest BCUT2D eigenvalue weighted by atomic mass is 9.99. The van der Waals surface area contributed by atoms with Crippen molar-refractivity contribution in [1.82, 2.24) is 0 Å². The molecule has 1 aromatic rings. The number of aromatic hydroxyl groups is 1. The predicted molar refractivity (Wildman–Crippen MR) is 121 cm³/mol. The standard InChI is InChI=1S/C26H46O/c1-3-5-7-9-11-12-13-14-16-18-20-25-23-24(21-22-26(25)27)19-17-15-10-8-6-4-2/h21-23,27H,3-20H2,1-2H3. The highest BCUT2D eigenvalue weighted by molar-refractivity contribution is 5.36. The van der Waals surface area contributed by atoms with Crippen molar-refractivity contribution >= 4 is 0 Å². The van der Waals surface area contributed by atoms with E-state index in [1.54, 1.807) is 0 Å². The molecule has 27 heavy (non-hydrogen) atoms. The number of aryl methyl sites for hydroxylation is 2. The van der Waals surface area contributed by atoms with Gasteiger partial charge in [0.1, 0.15) is 5.75 Å². The Morgan fingerprint density at radius 3 is 1.52 bits per heavy atom. The molecule has 0 aliphatic carbocycles. The minimum Gasteiger partial charge on any atom is -0.508 e. The number of phenolic OH excluding ortho intramolecular Hbond substituents is 1. The third-order valence-corrected chi connectivity index (χ3v) is 5.76. The van der Waals surface area contributed by atoms with Crippen molar-refractivity contribution in [2.24, 2.45) is 0 Å². The van der Waals surface area contributed by atoms with Crippen LogP contribution in [0.5, 0.6) is 5.75 Å². The Morgan fingerprint density at radius 2 is 1.00 bits per heavy atom. The molecule has 0 aliphatic heterocycles. The number of phenols is 1. The largest absolute Gasteiger partial charge is 0.508 e. The highest BCUT2D eigenvalue weighted by Gasteiger charge is 2.04. The normalized spacial score (nSPS) is 11.2. The van der Waals surface area contributed by atoms with Crippen LogP contribution < -0.4 is 0 Å². The summed E-state index contributed by atoms with van der Waals surface area (Å²) in [4.78, 5) is 0. The first kappa shape index (κ1) is 24.1. The number of hydrogen-bond acceptors (Lipinski definition) is 1. The lowest BCUT2D eigenvalue weighted by Gasteiger charge is -2.08. The van der Waals surface area contributed by atoms with Crippen LogP contribution in [0.25, 0.3) is 0 Å². The zero-order valence-corrected chi connectivity index (χ0v) is 18.4. The van der Waals surface area contributed by atoms with E-state index < -0.39 is 0 Å². The molecule has 0 atom stereocenters. The molecule has 156 valence electrons. The summed E-state index contributed by atoms with van der Waals surface area (Å²) in [7, 11) is 0. The molecule has 1 nitrogen and oxygen atoms in total. The topological polar surface area (TPSA) is 20.2 Å². The molecule has 0 spiro atoms. The molecule has 0 heterocycles. The van der Waals surface area contributed by atoms with Crippen LogP contribution in [0.2, 0.25) is 0 Å². The van der Waals surface area contributed by atoms with Crippen LogP contribution in [0.15, 0.2) is 18.2 Å². The first-order valence-electron chi connectivity index (χ1n) is 12.1. The maximum atomic E-state index is 10.1. The van der Waals surface area contributed by atoms with Gasteiger partial charge in [-0.05, 0) is 42.9 Å². The van der Waals surface area contributed by atoms with Crippen LogP contribution in [0.4, 0.5) is 0 Å². The third kappa shape index (κ3) is 12.9. The van der Waals surface area contributed by atoms with E-state index in [0.29, 0.717) is 5.75 Å². The van der Waals surface area contributed by atoms with Crippen LogP contribution in [-0.4, -0.2) is 5.11 Å². The van der Waals surface area contributed by atoms with Gasteiger partial charge in [-0.2, -0.15) is 0 Å². The Kier molecular flexibility index (Phi) is 15.3. The van der Waals surface area contributed by atoms with Crippen molar-refractivity contribution in [3.63, 3.8) is 0 Å². The maximum absolute atomic E-state index is 10.1. The van der Waals surface area contributed by atoms with E-state index in [9.17, 15) is 5.11 Å². The molecule has 0 aromatic heterocycles. The average Bonchev–Trinajstić information content (AvgIpc) is 2.68. The lowest BCUT2D eigenvalue weighted by Crippen LogP contribution is -1.92. The smallest absolute Gasteiger partial charge is 0.118 e. The van der Waals surface area contributed by atoms with Gasteiger partial charge >= 0.3 is 0 Å². The van der Waals surface area contributed by atoms with Crippen molar-refractivity contribution in [2.75, 3.05) is 0 Å². The van der Waals surface area contributed by atoms with Crippen molar-refractivity contribution in [1.29, 1.82) is 0 Å². The van der Waals surface area contributed by atoms with Gasteiger partial charge < -0.3 is 5.11 Å². The van der Waals surface area contributed by atoms with Crippen molar-refractivity contribution in [3.8, 4) is 5.75 Å². The van der Waals surface area contributed by atoms with Crippen molar-refractivity contribution < 1.29 is 5.11 Å². The van der Waals surface area contributed by atoms with E-state index in [1.807, 2.05) is 6.07 Å². The van der Waals surface area contributed by atoms with E-state index in [4.69, 9.17) is 0 Å². The Labute approximate surface area is 170 Å². The molecule has 1 aromatic carbocycles. The van der Waals surface area contributed by atoms with Gasteiger partial charge in [-0.25, -0.2) is 0 Å². The van der Waals surface area contributed by atoms with Crippen LogP contribution in [0.3, 0.4) is 0 Å². The highest BCUT2D eigenvalue weighted by Crippen LogP contribution is 2.22. The van der Waals surface area contributed by atoms with Crippen LogP contribution in [0.1, 0.15) is 128 Å². The molecule has 0 aliphatic rings. The molecular weight excluding hydrogens is 328 g/mol. The molecule has 1 rings (SSSR count). The van der Waals surface area contributed by atoms with Crippen LogP contribution in [0, 0.1) is 0 Å². The third-order valence-electron chi connectivity index (χ3n) is 5.76. The molecule has 0 saturated carbocycles. The fourth-order valence-electron chi connectivity index (χ4n) is 3.91. The summed E-state index contributed by atoms with van der Waals surface area (Å²) < 4.78 is 0. The molecule has 0 amide bonds. The van der Waals surface area contributed by atoms with Crippen molar-refractivity contribution in [3.05, 3.63) is 29.3 Å². The van der Waals surface area contributed by atoms with Gasteiger partial charge in [0.2, 0.25) is 0 Å². The number of benzene rings is 1. The summed E-state index contributed by atoms with van der Waals surface area (Å²) in [5, 5.41) is 10.1. The van der Waals surface area contributed by atoms with Gasteiger partial charge in [0.05, 0.1) is 0 Å². The molecule has 0 saturated heterocycles. The highest BCUT2D eigenvalue weighted by atomic mass is 16.3. The fourth-order valence-corrected chi connectivity index (χ4v) is 3.91. The molecule has 0 radical (unpaired) electrons. The van der Waals surface area contributed by atoms with Gasteiger partial charge in [-0.3, -0.25) is 0 Å². The molecular formula is C26H46O. The second kappa shape index (κ2) is 17.1. The van der Waals surface area contributed by atoms with Crippen LogP contribution >= 0.6 is 0 Å². The summed E-state index contributed by atoms with van der Waals surface area (Å²) in [6.07, 6.45) is 23.9. The van der Waals surface area contributed by atoms with Crippen LogP contribution in [-0.2, 0) is 12.8 Å². The van der Waals surface area contributed by atoms with E-state index in [1.165, 1.54) is 108 Å². The van der Waals surface area contributed by atoms with Gasteiger partial charge in [0.25, 0.3) is 0 Å². The molecule has 0 unspecified atom stereocenters. The minimum atomic E-state index is 0.498. The zero-order chi connectivity index (χ0) is 19.6. The monoisotopic (exact) mass is 374 g/mol. The molecule has 1 heteroatoms. The lowest BCUT2D eigenvalue weighted by molar-refractivity contribution is 0.465. The average molecular weight is 375 g/mol. The van der Waals surface area contributed by atoms with Gasteiger partial charge in [0, 0.05) is 0 Å². The van der Waals surface area contributed by atoms with E-state index in [-0.39, 0.29) is 0 Å². The Morgan fingerprint density at radius 1 is 0.556 bits per heavy atom. The second-order valence-corrected chi connectivity index (χ2v) is 8.41. The molecule has 1 N–H and O–H groups in total. The first-order chi connectivity index (χ1) is 13.3. The van der Waals surface area contributed by atoms with Gasteiger partial charge in [0.15, 0.2) is 0 Å². The van der Waals surface area contributed by atoms with Gasteiger partial charge in [-0.15, -0.1) is 0 Å². The Balaban J connectivity index is 2.12. The summed E-state index contributed by atoms with van der Waals surface area (Å²) in [5.74, 6) is 0.498. The van der Waals surface area contributed by atoms with E-state index >= 15 is 0 Å². The zero-order valence-electron chi connectivity index (χ0n) is 18.4. The maximum Gasteiger partial charge on any atom is 0.118 e. The Bertz CT molecular complexity index is 452. The summed E-state index contributed by atoms with van der Waals surface area (Å²) in [5.41, 5.74) is 2.57. The summed E-state index contributed by atoms with van der Waals surface area (Å²) >= 11 is 0. The van der Waals surface area contributed by atoms with E-state index in [2.05, 4.69) is 26.0 Å². The summed E-state index contributed by atoms with van der Waals surface area (Å²) in [6, 6.07) is 6.29. The molecule has 0 bridgehead atoms. The number of rotatable bonds is 18. The second-order valence-electron chi connectivity index (χ2n) is 8.41. The number of unbranched alkanes of at least 4 members (excludes halogenated alkanes) is 14. The molecule has 0 fully saturated rings. The van der Waals surface area contributed by atoms with Crippen molar-refractivity contribution in [2.45, 2.75) is 129 Å². The Hall–Kier alpha value is -0.980. The SMILES string of the molecule is CCCCCCCCCCCCc1cc(CCCCCCCC)ccc1O. The van der Waals surface area contributed by atoms with Gasteiger partial charge in [-0.1, -0.05) is 116 Å². The quantitative estimate of drug-likeness (QED) is 0.255. The summed E-state index contributed by atoms with van der Waals surface area (Å²) in [6.45, 7) is 4.55. The first-order valence-corrected chi connectivity index (χ1v) is 12.1. The predicted octanol–water partition coefficient (Wildman–Crippen LogP) is 8.76.